The van der Waals surface area contributed by atoms with E-state index in [9.17, 15) is 0 Å². The van der Waals surface area contributed by atoms with Gasteiger partial charge < -0.3 is 10.5 Å². The van der Waals surface area contributed by atoms with Crippen LogP contribution in [0.5, 0.6) is 5.75 Å². The molecule has 0 saturated heterocycles. The molecular weight excluding hydrogens is 348 g/mol. The van der Waals surface area contributed by atoms with Crippen LogP contribution in [0.15, 0.2) is 95.3 Å². The van der Waals surface area contributed by atoms with Crippen molar-refractivity contribution in [3.05, 3.63) is 85.6 Å². The molecule has 3 rings (SSSR count). The number of nitrogens with two attached hydrogens (primary N) is 1. The van der Waals surface area contributed by atoms with Crippen molar-refractivity contribution in [2.24, 2.45) is 15.2 Å². The van der Waals surface area contributed by atoms with Crippen molar-refractivity contribution in [3.63, 3.8) is 0 Å². The first-order valence-corrected chi connectivity index (χ1v) is 8.85. The molecule has 28 heavy (non-hydrogen) atoms. The summed E-state index contributed by atoms with van der Waals surface area (Å²) in [5.41, 5.74) is 10.0. The van der Waals surface area contributed by atoms with Crippen molar-refractivity contribution in [3.8, 4) is 5.75 Å². The number of hydrogen-bond acceptors (Lipinski definition) is 5. The average molecular weight is 370 g/mol. The fraction of sp³-hybridized carbons (Fsp3) is 0.0870. The molecule has 0 amide bonds. The van der Waals surface area contributed by atoms with Crippen LogP contribution in [0, 0.1) is 6.92 Å². The third-order valence-corrected chi connectivity index (χ3v) is 4.24. The number of ether oxygens (including phenoxy) is 1. The van der Waals surface area contributed by atoms with Gasteiger partial charge >= 0.3 is 0 Å². The molecule has 0 atom stereocenters. The average Bonchev–Trinajstić information content (AvgIpc) is 2.73. The molecule has 0 spiro atoms. The van der Waals surface area contributed by atoms with E-state index >= 15 is 0 Å². The summed E-state index contributed by atoms with van der Waals surface area (Å²) in [4.78, 5) is 4.08. The van der Waals surface area contributed by atoms with Gasteiger partial charge in [-0.05, 0) is 42.1 Å². The monoisotopic (exact) mass is 370 g/mol. The van der Waals surface area contributed by atoms with E-state index in [1.54, 1.807) is 6.08 Å². The molecule has 140 valence electrons. The third-order valence-electron chi connectivity index (χ3n) is 4.24. The number of aliphatic imine (C=N–C) groups is 1. The van der Waals surface area contributed by atoms with Crippen molar-refractivity contribution >= 4 is 33.5 Å². The Balaban J connectivity index is 1.82. The Morgan fingerprint density at radius 1 is 1.04 bits per heavy atom. The Hall–Kier alpha value is -3.73. The highest BCUT2D eigenvalue weighted by molar-refractivity contribution is 6.00. The highest BCUT2D eigenvalue weighted by atomic mass is 16.5. The summed E-state index contributed by atoms with van der Waals surface area (Å²) in [5.74, 6) is 0.665. The van der Waals surface area contributed by atoms with Crippen LogP contribution in [0.1, 0.15) is 5.56 Å². The summed E-state index contributed by atoms with van der Waals surface area (Å²) >= 11 is 0. The summed E-state index contributed by atoms with van der Waals surface area (Å²) in [6, 6.07) is 17.3. The summed E-state index contributed by atoms with van der Waals surface area (Å²) < 4.78 is 5.73. The number of benzene rings is 3. The lowest BCUT2D eigenvalue weighted by Crippen LogP contribution is -2.08. The highest BCUT2D eigenvalue weighted by Gasteiger charge is 2.07. The molecule has 0 radical (unpaired) electrons. The molecule has 0 unspecified atom stereocenters. The van der Waals surface area contributed by atoms with Crippen LogP contribution < -0.4 is 10.5 Å². The zero-order valence-corrected chi connectivity index (χ0v) is 15.8. The van der Waals surface area contributed by atoms with Crippen LogP contribution in [0.2, 0.25) is 0 Å². The van der Waals surface area contributed by atoms with Crippen LogP contribution in [0.3, 0.4) is 0 Å². The molecule has 2 N–H and O–H groups in total. The van der Waals surface area contributed by atoms with Gasteiger partial charge in [-0.2, -0.15) is 5.11 Å². The van der Waals surface area contributed by atoms with Gasteiger partial charge in [0.1, 0.15) is 18.0 Å². The molecule has 0 aliphatic heterocycles. The normalized spacial score (nSPS) is 11.7. The third kappa shape index (κ3) is 4.32. The maximum atomic E-state index is 6.30. The van der Waals surface area contributed by atoms with Gasteiger partial charge in [0, 0.05) is 17.7 Å². The topological polar surface area (TPSA) is 72.3 Å². The first kappa shape index (κ1) is 19.0. The number of hydrogen-bond donors (Lipinski definition) is 1. The predicted octanol–water partition coefficient (Wildman–Crippen LogP) is 6.30. The van der Waals surface area contributed by atoms with Gasteiger partial charge in [-0.25, -0.2) is 0 Å². The maximum absolute atomic E-state index is 6.30. The smallest absolute Gasteiger partial charge is 0.130 e. The number of anilines is 1. The molecule has 0 aliphatic carbocycles. The molecule has 0 aliphatic rings. The van der Waals surface area contributed by atoms with E-state index in [-0.39, 0.29) is 0 Å². The SMILES string of the molecule is C=CN=C(C=C)COc1cccc(N=Nc2cc(C)c3ccccc3c2N)c1. The van der Waals surface area contributed by atoms with Crippen molar-refractivity contribution < 1.29 is 4.74 Å². The first-order valence-electron chi connectivity index (χ1n) is 8.85. The van der Waals surface area contributed by atoms with Gasteiger partial charge in [0.2, 0.25) is 0 Å². The second-order valence-electron chi connectivity index (χ2n) is 6.17. The lowest BCUT2D eigenvalue weighted by atomic mass is 10.0. The van der Waals surface area contributed by atoms with E-state index in [1.165, 1.54) is 6.20 Å². The minimum atomic E-state index is 0.299. The molecule has 5 nitrogen and oxygen atoms in total. The fourth-order valence-corrected chi connectivity index (χ4v) is 2.81. The van der Waals surface area contributed by atoms with Crippen molar-refractivity contribution in [1.82, 2.24) is 0 Å². The number of aryl methyl sites for hydroxylation is 1. The minimum Gasteiger partial charge on any atom is -0.487 e. The Morgan fingerprint density at radius 2 is 1.82 bits per heavy atom. The molecule has 3 aromatic rings. The molecule has 3 aromatic carbocycles. The Morgan fingerprint density at radius 3 is 2.57 bits per heavy atom. The summed E-state index contributed by atoms with van der Waals surface area (Å²) in [5, 5.41) is 10.8. The lowest BCUT2D eigenvalue weighted by molar-refractivity contribution is 0.377. The molecule has 0 heterocycles. The zero-order chi connectivity index (χ0) is 19.9. The van der Waals surface area contributed by atoms with E-state index in [0.29, 0.717) is 35.1 Å². The minimum absolute atomic E-state index is 0.299. The second-order valence-corrected chi connectivity index (χ2v) is 6.17. The quantitative estimate of drug-likeness (QED) is 0.301. The van der Waals surface area contributed by atoms with Crippen molar-refractivity contribution in [2.75, 3.05) is 12.3 Å². The van der Waals surface area contributed by atoms with Crippen molar-refractivity contribution in [2.45, 2.75) is 6.92 Å². The Kier molecular flexibility index (Phi) is 5.97. The van der Waals surface area contributed by atoms with E-state index in [1.807, 2.05) is 55.5 Å². The molecule has 0 aromatic heterocycles. The fourth-order valence-electron chi connectivity index (χ4n) is 2.81. The van der Waals surface area contributed by atoms with Gasteiger partial charge in [0.15, 0.2) is 0 Å². The van der Waals surface area contributed by atoms with Gasteiger partial charge in [0.25, 0.3) is 0 Å². The molecule has 5 heteroatoms. The standard InChI is InChI=1S/C23H22N4O/c1-4-17(25-5-2)15-28-19-10-8-9-18(14-19)26-27-22-13-16(3)20-11-6-7-12-21(20)23(22)24/h4-14H,1-2,15,24H2,3H3. The van der Waals surface area contributed by atoms with Gasteiger partial charge in [0.05, 0.1) is 17.1 Å². The highest BCUT2D eigenvalue weighted by Crippen LogP contribution is 2.34. The Bertz CT molecular complexity index is 1080. The van der Waals surface area contributed by atoms with Crippen LogP contribution in [-0.2, 0) is 0 Å². The molecule has 0 bridgehead atoms. The molecule has 0 fully saturated rings. The van der Waals surface area contributed by atoms with Gasteiger partial charge in [-0.1, -0.05) is 43.5 Å². The van der Waals surface area contributed by atoms with E-state index < -0.39 is 0 Å². The predicted molar refractivity (Wildman–Crippen MR) is 117 cm³/mol. The Labute approximate surface area is 164 Å². The number of azo groups is 1. The molecule has 0 saturated carbocycles. The zero-order valence-electron chi connectivity index (χ0n) is 15.8. The maximum Gasteiger partial charge on any atom is 0.130 e. The summed E-state index contributed by atoms with van der Waals surface area (Å²) in [6.07, 6.45) is 3.09. The number of nitrogen functional groups attached to an aromatic ring is 1. The largest absolute Gasteiger partial charge is 0.487 e. The van der Waals surface area contributed by atoms with Crippen LogP contribution >= 0.6 is 0 Å². The molecular formula is C23H22N4O. The summed E-state index contributed by atoms with van der Waals surface area (Å²) in [6.45, 7) is 9.62. The van der Waals surface area contributed by atoms with Gasteiger partial charge in [-0.3, -0.25) is 4.99 Å². The van der Waals surface area contributed by atoms with Gasteiger partial charge in [-0.15, -0.1) is 5.11 Å². The van der Waals surface area contributed by atoms with Crippen LogP contribution in [0.25, 0.3) is 10.8 Å². The van der Waals surface area contributed by atoms with E-state index in [4.69, 9.17) is 10.5 Å². The number of rotatable bonds is 7. The lowest BCUT2D eigenvalue weighted by Gasteiger charge is -2.08. The summed E-state index contributed by atoms with van der Waals surface area (Å²) in [7, 11) is 0. The first-order chi connectivity index (χ1) is 13.6. The van der Waals surface area contributed by atoms with E-state index in [2.05, 4.69) is 34.4 Å². The van der Waals surface area contributed by atoms with Crippen molar-refractivity contribution in [1.29, 1.82) is 0 Å². The van der Waals surface area contributed by atoms with Crippen LogP contribution in [-0.4, -0.2) is 12.3 Å². The second kappa shape index (κ2) is 8.77. The number of fused-ring (bicyclic) bond motifs is 1. The number of nitrogens with zero attached hydrogens (tertiary/aromatic N) is 3. The van der Waals surface area contributed by atoms with E-state index in [0.717, 1.165) is 16.3 Å². The van der Waals surface area contributed by atoms with Crippen LogP contribution in [0.4, 0.5) is 17.1 Å².